The molecule has 0 aliphatic heterocycles. The number of hydrogen-bond acceptors (Lipinski definition) is 7. The number of hydrogen-bond donors (Lipinski definition) is 0. The Bertz CT molecular complexity index is 704. The van der Waals surface area contributed by atoms with Crippen LogP contribution in [0.15, 0.2) is 48.5 Å². The zero-order valence-electron chi connectivity index (χ0n) is 13.0. The SMILES string of the molecule is COc1ccccc1C(=O)OC(=O)OC(=O)c1ccccc1OC. The van der Waals surface area contributed by atoms with Gasteiger partial charge in [0.15, 0.2) is 0 Å². The molecule has 0 saturated carbocycles. The van der Waals surface area contributed by atoms with Crippen LogP contribution in [0.3, 0.4) is 0 Å². The van der Waals surface area contributed by atoms with Crippen molar-refractivity contribution in [1.82, 2.24) is 0 Å². The summed E-state index contributed by atoms with van der Waals surface area (Å²) in [7, 11) is 2.74. The molecular weight excluding hydrogens is 316 g/mol. The topological polar surface area (TPSA) is 88.1 Å². The maximum absolute atomic E-state index is 11.9. The summed E-state index contributed by atoms with van der Waals surface area (Å²) < 4.78 is 19.0. The van der Waals surface area contributed by atoms with Crippen molar-refractivity contribution in [1.29, 1.82) is 0 Å². The Hall–Kier alpha value is -3.35. The van der Waals surface area contributed by atoms with E-state index in [4.69, 9.17) is 9.47 Å². The van der Waals surface area contributed by atoms with Crippen LogP contribution in [0, 0.1) is 0 Å². The van der Waals surface area contributed by atoms with Crippen molar-refractivity contribution in [2.24, 2.45) is 0 Å². The quantitative estimate of drug-likeness (QED) is 0.629. The number of carbonyl (C=O) groups is 3. The van der Waals surface area contributed by atoms with E-state index < -0.39 is 18.1 Å². The molecule has 0 amide bonds. The summed E-state index contributed by atoms with van der Waals surface area (Å²) in [5, 5.41) is 0. The summed E-state index contributed by atoms with van der Waals surface area (Å²) >= 11 is 0. The molecule has 0 unspecified atom stereocenters. The van der Waals surface area contributed by atoms with Crippen molar-refractivity contribution in [3.8, 4) is 11.5 Å². The second-order valence-corrected chi connectivity index (χ2v) is 4.43. The minimum absolute atomic E-state index is 0.0293. The second-order valence-electron chi connectivity index (χ2n) is 4.43. The van der Waals surface area contributed by atoms with E-state index in [0.29, 0.717) is 0 Å². The third-order valence-corrected chi connectivity index (χ3v) is 3.01. The van der Waals surface area contributed by atoms with E-state index in [1.165, 1.54) is 38.5 Å². The maximum Gasteiger partial charge on any atom is 0.524 e. The van der Waals surface area contributed by atoms with E-state index in [2.05, 4.69) is 9.47 Å². The van der Waals surface area contributed by atoms with Gasteiger partial charge in [-0.3, -0.25) is 0 Å². The van der Waals surface area contributed by atoms with Gasteiger partial charge in [-0.2, -0.15) is 0 Å². The first-order valence-corrected chi connectivity index (χ1v) is 6.81. The molecule has 2 rings (SSSR count). The Labute approximate surface area is 137 Å². The highest BCUT2D eigenvalue weighted by atomic mass is 16.8. The summed E-state index contributed by atoms with van der Waals surface area (Å²) in [4.78, 5) is 35.5. The van der Waals surface area contributed by atoms with Crippen molar-refractivity contribution in [2.75, 3.05) is 14.2 Å². The summed E-state index contributed by atoms with van der Waals surface area (Å²) in [6, 6.07) is 12.3. The molecule has 124 valence electrons. The molecule has 0 fully saturated rings. The van der Waals surface area contributed by atoms with Crippen LogP contribution in [-0.4, -0.2) is 32.3 Å². The highest BCUT2D eigenvalue weighted by molar-refractivity contribution is 6.02. The van der Waals surface area contributed by atoms with Crippen LogP contribution in [0.2, 0.25) is 0 Å². The molecule has 0 radical (unpaired) electrons. The van der Waals surface area contributed by atoms with Crippen LogP contribution < -0.4 is 9.47 Å². The van der Waals surface area contributed by atoms with E-state index >= 15 is 0 Å². The number of esters is 2. The van der Waals surface area contributed by atoms with Crippen molar-refractivity contribution in [2.45, 2.75) is 0 Å². The van der Waals surface area contributed by atoms with Gasteiger partial charge in [-0.05, 0) is 24.3 Å². The van der Waals surface area contributed by atoms with Gasteiger partial charge in [0.2, 0.25) is 0 Å². The molecule has 0 aliphatic carbocycles. The summed E-state index contributed by atoms with van der Waals surface area (Å²) in [5.41, 5.74) is 0.0587. The van der Waals surface area contributed by atoms with Gasteiger partial charge >= 0.3 is 18.1 Å². The minimum atomic E-state index is -1.44. The smallest absolute Gasteiger partial charge is 0.496 e. The number of methoxy groups -OCH3 is 2. The molecule has 0 atom stereocenters. The minimum Gasteiger partial charge on any atom is -0.496 e. The molecule has 0 heterocycles. The standard InChI is InChI=1S/C17H14O7/c1-21-13-9-5-3-7-11(13)15(18)23-17(20)24-16(19)12-8-4-6-10-14(12)22-2/h3-10H,1-2H3. The van der Waals surface area contributed by atoms with Crippen LogP contribution in [0.5, 0.6) is 11.5 Å². The van der Waals surface area contributed by atoms with Crippen LogP contribution in [0.1, 0.15) is 20.7 Å². The van der Waals surface area contributed by atoms with Gasteiger partial charge in [0, 0.05) is 0 Å². The zero-order chi connectivity index (χ0) is 17.5. The second kappa shape index (κ2) is 7.77. The van der Waals surface area contributed by atoms with Crippen molar-refractivity contribution in [3.63, 3.8) is 0 Å². The van der Waals surface area contributed by atoms with Gasteiger partial charge < -0.3 is 18.9 Å². The molecule has 0 N–H and O–H groups in total. The Morgan fingerprint density at radius 2 is 1.04 bits per heavy atom. The Morgan fingerprint density at radius 1 is 0.667 bits per heavy atom. The first-order chi connectivity index (χ1) is 11.6. The van der Waals surface area contributed by atoms with Crippen LogP contribution >= 0.6 is 0 Å². The van der Waals surface area contributed by atoms with Gasteiger partial charge in [-0.15, -0.1) is 0 Å². The van der Waals surface area contributed by atoms with Crippen molar-refractivity contribution in [3.05, 3.63) is 59.7 Å². The lowest BCUT2D eigenvalue weighted by atomic mass is 10.2. The Morgan fingerprint density at radius 3 is 1.42 bits per heavy atom. The third kappa shape index (κ3) is 3.89. The van der Waals surface area contributed by atoms with Crippen LogP contribution in [0.25, 0.3) is 0 Å². The predicted molar refractivity (Wildman–Crippen MR) is 82.2 cm³/mol. The molecule has 2 aromatic carbocycles. The zero-order valence-corrected chi connectivity index (χ0v) is 13.0. The average Bonchev–Trinajstić information content (AvgIpc) is 2.61. The largest absolute Gasteiger partial charge is 0.524 e. The van der Waals surface area contributed by atoms with Gasteiger partial charge in [0.05, 0.1) is 14.2 Å². The van der Waals surface area contributed by atoms with E-state index in [0.717, 1.165) is 0 Å². The number of ether oxygens (including phenoxy) is 4. The summed E-state index contributed by atoms with van der Waals surface area (Å²) in [5.74, 6) is -1.53. The highest BCUT2D eigenvalue weighted by Crippen LogP contribution is 2.20. The summed E-state index contributed by atoms with van der Waals surface area (Å²) in [6.45, 7) is 0. The van der Waals surface area contributed by atoms with Gasteiger partial charge in [-0.1, -0.05) is 24.3 Å². The molecule has 0 saturated heterocycles. The maximum atomic E-state index is 11.9. The first kappa shape index (κ1) is 17.0. The lowest BCUT2D eigenvalue weighted by Crippen LogP contribution is -2.18. The molecule has 0 aromatic heterocycles. The number of rotatable bonds is 4. The number of benzene rings is 2. The van der Waals surface area contributed by atoms with Crippen LogP contribution in [0.4, 0.5) is 4.79 Å². The van der Waals surface area contributed by atoms with E-state index in [-0.39, 0.29) is 22.6 Å². The van der Waals surface area contributed by atoms with Crippen molar-refractivity contribution >= 4 is 18.1 Å². The third-order valence-electron chi connectivity index (χ3n) is 3.01. The monoisotopic (exact) mass is 330 g/mol. The fraction of sp³-hybridized carbons (Fsp3) is 0.118. The number of para-hydroxylation sites is 2. The Kier molecular flexibility index (Phi) is 5.51. The normalized spacial score (nSPS) is 9.75. The van der Waals surface area contributed by atoms with E-state index in [1.54, 1.807) is 24.3 Å². The molecule has 7 nitrogen and oxygen atoms in total. The molecule has 0 aliphatic rings. The molecule has 0 spiro atoms. The molecular formula is C17H14O7. The molecule has 2 aromatic rings. The highest BCUT2D eigenvalue weighted by Gasteiger charge is 2.22. The lowest BCUT2D eigenvalue weighted by Gasteiger charge is -2.08. The molecule has 24 heavy (non-hydrogen) atoms. The van der Waals surface area contributed by atoms with E-state index in [9.17, 15) is 14.4 Å². The van der Waals surface area contributed by atoms with Crippen LogP contribution in [-0.2, 0) is 9.47 Å². The predicted octanol–water partition coefficient (Wildman–Crippen LogP) is 2.84. The molecule has 7 heteroatoms. The number of carbonyl (C=O) groups excluding carboxylic acids is 3. The fourth-order valence-corrected chi connectivity index (χ4v) is 1.91. The molecule has 0 bridgehead atoms. The Balaban J connectivity index is 2.05. The van der Waals surface area contributed by atoms with Crippen molar-refractivity contribution < 1.29 is 33.3 Å². The summed E-state index contributed by atoms with van der Waals surface area (Å²) in [6.07, 6.45) is -1.44. The van der Waals surface area contributed by atoms with Gasteiger partial charge in [-0.25, -0.2) is 14.4 Å². The van der Waals surface area contributed by atoms with Gasteiger partial charge in [0.25, 0.3) is 0 Å². The average molecular weight is 330 g/mol. The first-order valence-electron chi connectivity index (χ1n) is 6.81. The fourth-order valence-electron chi connectivity index (χ4n) is 1.91. The van der Waals surface area contributed by atoms with E-state index in [1.807, 2.05) is 0 Å². The lowest BCUT2D eigenvalue weighted by molar-refractivity contribution is 0.0335. The van der Waals surface area contributed by atoms with Gasteiger partial charge in [0.1, 0.15) is 22.6 Å².